The first kappa shape index (κ1) is 19.3. The van der Waals surface area contributed by atoms with Crippen molar-refractivity contribution >= 4 is 23.4 Å². The number of nitrogens with one attached hydrogen (secondary N) is 2. The van der Waals surface area contributed by atoms with Gasteiger partial charge in [0, 0.05) is 25.5 Å². The van der Waals surface area contributed by atoms with Crippen molar-refractivity contribution in [1.29, 1.82) is 0 Å². The van der Waals surface area contributed by atoms with Crippen molar-refractivity contribution in [3.05, 3.63) is 59.5 Å². The van der Waals surface area contributed by atoms with Gasteiger partial charge in [-0.05, 0) is 24.0 Å². The van der Waals surface area contributed by atoms with Crippen LogP contribution in [0, 0.1) is 0 Å². The standard InChI is InChI=1S/C20H25N7O/c1-4-27-12-16(10-24-27)25-20-23-11-17(18(21)28)19(26-20)22-9-14-5-7-15(8-6-14)13(2)3/h5-8,10-13H,4,9H2,1-3H3,(H2,21,28)(H2,22,23,25,26). The molecular weight excluding hydrogens is 354 g/mol. The van der Waals surface area contributed by atoms with Gasteiger partial charge in [-0.15, -0.1) is 0 Å². The normalized spacial score (nSPS) is 10.9. The molecule has 2 aromatic heterocycles. The second kappa shape index (κ2) is 8.51. The molecule has 0 bridgehead atoms. The van der Waals surface area contributed by atoms with Crippen molar-refractivity contribution in [1.82, 2.24) is 19.7 Å². The Bertz CT molecular complexity index is 947. The van der Waals surface area contributed by atoms with Crippen LogP contribution in [0.2, 0.25) is 0 Å². The fourth-order valence-electron chi connectivity index (χ4n) is 2.69. The van der Waals surface area contributed by atoms with Crippen LogP contribution >= 0.6 is 0 Å². The van der Waals surface area contributed by atoms with Gasteiger partial charge in [0.05, 0.1) is 17.4 Å². The Balaban J connectivity index is 1.76. The number of hydrogen-bond acceptors (Lipinski definition) is 6. The van der Waals surface area contributed by atoms with Crippen molar-refractivity contribution in [2.75, 3.05) is 10.6 Å². The first-order chi connectivity index (χ1) is 13.5. The Morgan fingerprint density at radius 1 is 1.21 bits per heavy atom. The minimum absolute atomic E-state index is 0.244. The number of amides is 1. The lowest BCUT2D eigenvalue weighted by atomic mass is 10.0. The van der Waals surface area contributed by atoms with Gasteiger partial charge >= 0.3 is 0 Å². The summed E-state index contributed by atoms with van der Waals surface area (Å²) < 4.78 is 1.79. The SMILES string of the molecule is CCn1cc(Nc2ncc(C(N)=O)c(NCc3ccc(C(C)C)cc3)n2)cn1. The number of carbonyl (C=O) groups is 1. The van der Waals surface area contributed by atoms with E-state index in [1.807, 2.05) is 13.1 Å². The molecule has 0 saturated heterocycles. The molecule has 0 spiro atoms. The van der Waals surface area contributed by atoms with Crippen LogP contribution in [0.4, 0.5) is 17.5 Å². The number of primary amides is 1. The molecule has 1 amide bonds. The lowest BCUT2D eigenvalue weighted by molar-refractivity contribution is 0.100. The number of aromatic nitrogens is 4. The van der Waals surface area contributed by atoms with Gasteiger partial charge in [-0.1, -0.05) is 38.1 Å². The largest absolute Gasteiger partial charge is 0.365 e. The summed E-state index contributed by atoms with van der Waals surface area (Å²) in [5.41, 5.74) is 8.84. The van der Waals surface area contributed by atoms with Crippen LogP contribution in [0.5, 0.6) is 0 Å². The minimum atomic E-state index is -0.581. The summed E-state index contributed by atoms with van der Waals surface area (Å²) in [6.07, 6.45) is 4.97. The van der Waals surface area contributed by atoms with E-state index in [1.54, 1.807) is 10.9 Å². The third kappa shape index (κ3) is 4.64. The predicted molar refractivity (Wildman–Crippen MR) is 110 cm³/mol. The quantitative estimate of drug-likeness (QED) is 0.554. The molecule has 1 aromatic carbocycles. The number of hydrogen-bond donors (Lipinski definition) is 3. The zero-order chi connectivity index (χ0) is 20.1. The van der Waals surface area contributed by atoms with Gasteiger partial charge in [0.25, 0.3) is 5.91 Å². The highest BCUT2D eigenvalue weighted by molar-refractivity contribution is 5.97. The molecule has 8 nitrogen and oxygen atoms in total. The molecule has 4 N–H and O–H groups in total. The summed E-state index contributed by atoms with van der Waals surface area (Å²) in [6.45, 7) is 7.61. The van der Waals surface area contributed by atoms with Crippen LogP contribution in [0.15, 0.2) is 42.9 Å². The van der Waals surface area contributed by atoms with Crippen LogP contribution in [-0.4, -0.2) is 25.7 Å². The smallest absolute Gasteiger partial charge is 0.254 e. The minimum Gasteiger partial charge on any atom is -0.365 e. The second-order valence-electron chi connectivity index (χ2n) is 6.78. The average Bonchev–Trinajstić information content (AvgIpc) is 3.14. The molecule has 28 heavy (non-hydrogen) atoms. The highest BCUT2D eigenvalue weighted by atomic mass is 16.1. The fourth-order valence-corrected chi connectivity index (χ4v) is 2.69. The number of nitrogens with two attached hydrogens (primary N) is 1. The van der Waals surface area contributed by atoms with Crippen molar-refractivity contribution in [2.24, 2.45) is 5.73 Å². The molecule has 0 aliphatic rings. The number of rotatable bonds is 8. The Labute approximate surface area is 164 Å². The van der Waals surface area contributed by atoms with Gasteiger partial charge in [-0.2, -0.15) is 10.1 Å². The summed E-state index contributed by atoms with van der Waals surface area (Å²) in [5, 5.41) is 10.5. The van der Waals surface area contributed by atoms with Gasteiger partial charge in [-0.3, -0.25) is 9.48 Å². The molecule has 8 heteroatoms. The first-order valence-corrected chi connectivity index (χ1v) is 9.25. The topological polar surface area (TPSA) is 111 Å². The van der Waals surface area contributed by atoms with E-state index < -0.39 is 5.91 Å². The Hall–Kier alpha value is -3.42. The maximum Gasteiger partial charge on any atom is 0.254 e. The highest BCUT2D eigenvalue weighted by Crippen LogP contribution is 2.19. The Morgan fingerprint density at radius 3 is 2.57 bits per heavy atom. The van der Waals surface area contributed by atoms with Gasteiger partial charge in [0.2, 0.25) is 5.95 Å². The molecule has 3 rings (SSSR count). The van der Waals surface area contributed by atoms with Crippen molar-refractivity contribution in [3.8, 4) is 0 Å². The van der Waals surface area contributed by atoms with Crippen LogP contribution in [0.3, 0.4) is 0 Å². The zero-order valence-corrected chi connectivity index (χ0v) is 16.3. The fraction of sp³-hybridized carbons (Fsp3) is 0.300. The second-order valence-corrected chi connectivity index (χ2v) is 6.78. The van der Waals surface area contributed by atoms with Crippen molar-refractivity contribution < 1.29 is 4.79 Å². The monoisotopic (exact) mass is 379 g/mol. The third-order valence-electron chi connectivity index (χ3n) is 4.37. The number of anilines is 3. The molecule has 3 aromatic rings. The maximum absolute atomic E-state index is 11.7. The van der Waals surface area contributed by atoms with Crippen LogP contribution in [-0.2, 0) is 13.1 Å². The molecular formula is C20H25N7O. The summed E-state index contributed by atoms with van der Waals surface area (Å²) in [4.78, 5) is 20.3. The van der Waals surface area contributed by atoms with E-state index in [1.165, 1.54) is 11.8 Å². The molecule has 0 atom stereocenters. The van der Waals surface area contributed by atoms with Crippen LogP contribution in [0.25, 0.3) is 0 Å². The van der Waals surface area contributed by atoms with E-state index in [-0.39, 0.29) is 5.56 Å². The van der Waals surface area contributed by atoms with E-state index >= 15 is 0 Å². The van der Waals surface area contributed by atoms with Crippen molar-refractivity contribution in [3.63, 3.8) is 0 Å². The van der Waals surface area contributed by atoms with Gasteiger partial charge in [0.1, 0.15) is 5.82 Å². The predicted octanol–water partition coefficient (Wildman–Crippen LogP) is 3.27. The van der Waals surface area contributed by atoms with E-state index in [2.05, 4.69) is 63.8 Å². The maximum atomic E-state index is 11.7. The third-order valence-corrected chi connectivity index (χ3v) is 4.37. The zero-order valence-electron chi connectivity index (χ0n) is 16.3. The summed E-state index contributed by atoms with van der Waals surface area (Å²) in [7, 11) is 0. The number of nitrogens with zero attached hydrogens (tertiary/aromatic N) is 4. The van der Waals surface area contributed by atoms with Gasteiger partial charge < -0.3 is 16.4 Å². The number of aryl methyl sites for hydroxylation is 1. The highest BCUT2D eigenvalue weighted by Gasteiger charge is 2.13. The molecule has 0 radical (unpaired) electrons. The molecule has 0 aliphatic carbocycles. The van der Waals surface area contributed by atoms with Crippen LogP contribution < -0.4 is 16.4 Å². The molecule has 0 unspecified atom stereocenters. The van der Waals surface area contributed by atoms with Crippen LogP contribution in [0.1, 0.15) is 48.2 Å². The van der Waals surface area contributed by atoms with Crippen molar-refractivity contribution in [2.45, 2.75) is 39.8 Å². The van der Waals surface area contributed by atoms with E-state index in [0.29, 0.717) is 24.2 Å². The summed E-state index contributed by atoms with van der Waals surface area (Å²) in [5.74, 6) is 0.651. The van der Waals surface area contributed by atoms with E-state index in [4.69, 9.17) is 5.73 Å². The number of benzene rings is 1. The average molecular weight is 379 g/mol. The molecule has 0 fully saturated rings. The van der Waals surface area contributed by atoms with Gasteiger partial charge in [-0.25, -0.2) is 4.98 Å². The molecule has 2 heterocycles. The van der Waals surface area contributed by atoms with Gasteiger partial charge in [0.15, 0.2) is 0 Å². The molecule has 0 saturated carbocycles. The van der Waals surface area contributed by atoms with E-state index in [0.717, 1.165) is 17.8 Å². The molecule has 0 aliphatic heterocycles. The Morgan fingerprint density at radius 2 is 1.96 bits per heavy atom. The lowest BCUT2D eigenvalue weighted by Gasteiger charge is -2.12. The summed E-state index contributed by atoms with van der Waals surface area (Å²) >= 11 is 0. The number of carbonyl (C=O) groups excluding carboxylic acids is 1. The molecule has 146 valence electrons. The lowest BCUT2D eigenvalue weighted by Crippen LogP contribution is -2.17. The Kier molecular flexibility index (Phi) is 5.88. The first-order valence-electron chi connectivity index (χ1n) is 9.25. The van der Waals surface area contributed by atoms with E-state index in [9.17, 15) is 4.79 Å². The summed E-state index contributed by atoms with van der Waals surface area (Å²) in [6, 6.07) is 8.33.